The van der Waals surface area contributed by atoms with Crippen LogP contribution in [-0.4, -0.2) is 63.0 Å². The third-order valence-electron chi connectivity index (χ3n) is 6.45. The zero-order chi connectivity index (χ0) is 26.8. The SMILES string of the molecule is CC(C)Nc1cc(Nc2ccc3ncsc3c2)ncc1-c1nc(C(=O)N2CCN(c3ccccn3)CC2)cs1. The number of anilines is 4. The summed E-state index contributed by atoms with van der Waals surface area (Å²) >= 11 is 3.07. The number of rotatable bonds is 7. The highest BCUT2D eigenvalue weighted by Crippen LogP contribution is 2.33. The van der Waals surface area contributed by atoms with Gasteiger partial charge in [-0.25, -0.2) is 19.9 Å². The summed E-state index contributed by atoms with van der Waals surface area (Å²) in [5.74, 6) is 1.63. The fourth-order valence-corrected chi connectivity index (χ4v) is 6.08. The van der Waals surface area contributed by atoms with Gasteiger partial charge in [-0.05, 0) is 44.2 Å². The Labute approximate surface area is 234 Å². The molecule has 1 aliphatic heterocycles. The van der Waals surface area contributed by atoms with Gasteiger partial charge in [-0.2, -0.15) is 0 Å². The van der Waals surface area contributed by atoms with Gasteiger partial charge in [0.15, 0.2) is 0 Å². The number of aromatic nitrogens is 4. The Morgan fingerprint density at radius 3 is 2.67 bits per heavy atom. The Hall–Kier alpha value is -4.09. The lowest BCUT2D eigenvalue weighted by atomic mass is 10.2. The van der Waals surface area contributed by atoms with Gasteiger partial charge >= 0.3 is 0 Å². The molecule has 198 valence electrons. The minimum Gasteiger partial charge on any atom is -0.382 e. The minimum absolute atomic E-state index is 0.0405. The number of fused-ring (bicyclic) bond motifs is 1. The van der Waals surface area contributed by atoms with Gasteiger partial charge in [0.25, 0.3) is 5.91 Å². The summed E-state index contributed by atoms with van der Waals surface area (Å²) in [6.07, 6.45) is 3.61. The molecule has 1 aliphatic rings. The van der Waals surface area contributed by atoms with Gasteiger partial charge in [-0.3, -0.25) is 4.79 Å². The predicted octanol–water partition coefficient (Wildman–Crippen LogP) is 5.74. The predicted molar refractivity (Wildman–Crippen MR) is 159 cm³/mol. The van der Waals surface area contributed by atoms with Crippen LogP contribution in [0.15, 0.2) is 65.7 Å². The first kappa shape index (κ1) is 25.2. The van der Waals surface area contributed by atoms with E-state index in [-0.39, 0.29) is 11.9 Å². The maximum atomic E-state index is 13.3. The van der Waals surface area contributed by atoms with Crippen molar-refractivity contribution in [1.82, 2.24) is 24.8 Å². The van der Waals surface area contributed by atoms with Crippen LogP contribution in [-0.2, 0) is 0 Å². The van der Waals surface area contributed by atoms with E-state index in [1.807, 2.05) is 58.4 Å². The summed E-state index contributed by atoms with van der Waals surface area (Å²) < 4.78 is 1.12. The van der Waals surface area contributed by atoms with E-state index in [1.165, 1.54) is 11.3 Å². The Kier molecular flexibility index (Phi) is 7.08. The molecule has 1 fully saturated rings. The van der Waals surface area contributed by atoms with E-state index in [4.69, 9.17) is 4.98 Å². The van der Waals surface area contributed by atoms with Gasteiger partial charge in [0.1, 0.15) is 22.3 Å². The second-order valence-corrected chi connectivity index (χ2v) is 11.3. The number of nitrogens with one attached hydrogen (secondary N) is 2. The first-order valence-electron chi connectivity index (χ1n) is 12.8. The topological polar surface area (TPSA) is 99.2 Å². The maximum Gasteiger partial charge on any atom is 0.273 e. The first-order valence-corrected chi connectivity index (χ1v) is 14.6. The van der Waals surface area contributed by atoms with Gasteiger partial charge in [0.2, 0.25) is 0 Å². The average Bonchev–Trinajstić information content (AvgIpc) is 3.63. The molecule has 2 N–H and O–H groups in total. The molecule has 0 spiro atoms. The number of carbonyl (C=O) groups excluding carboxylic acids is 1. The van der Waals surface area contributed by atoms with Gasteiger partial charge in [-0.15, -0.1) is 22.7 Å². The van der Waals surface area contributed by atoms with Crippen LogP contribution >= 0.6 is 22.7 Å². The lowest BCUT2D eigenvalue weighted by Crippen LogP contribution is -2.49. The Bertz CT molecular complexity index is 1590. The van der Waals surface area contributed by atoms with E-state index in [2.05, 4.69) is 50.4 Å². The van der Waals surface area contributed by atoms with Gasteiger partial charge in [0.05, 0.1) is 21.3 Å². The fraction of sp³-hybridized carbons (Fsp3) is 0.250. The lowest BCUT2D eigenvalue weighted by molar-refractivity contribution is 0.0741. The number of piperazine rings is 1. The molecule has 5 aromatic rings. The molecule has 0 bridgehead atoms. The Morgan fingerprint density at radius 2 is 1.87 bits per heavy atom. The Balaban J connectivity index is 1.18. The second-order valence-electron chi connectivity index (χ2n) is 9.58. The molecule has 6 rings (SSSR count). The molecule has 1 amide bonds. The zero-order valence-corrected chi connectivity index (χ0v) is 23.3. The van der Waals surface area contributed by atoms with Gasteiger partial charge in [-0.1, -0.05) is 6.07 Å². The van der Waals surface area contributed by atoms with Crippen LogP contribution in [0.1, 0.15) is 24.3 Å². The molecule has 0 atom stereocenters. The summed E-state index contributed by atoms with van der Waals surface area (Å²) in [6, 6.07) is 14.2. The molecule has 0 radical (unpaired) electrons. The number of pyridine rings is 2. The second kappa shape index (κ2) is 11.0. The molecule has 4 aromatic heterocycles. The number of hydrogen-bond donors (Lipinski definition) is 2. The number of hydrogen-bond acceptors (Lipinski definition) is 10. The number of carbonyl (C=O) groups is 1. The summed E-state index contributed by atoms with van der Waals surface area (Å²) in [4.78, 5) is 35.5. The molecule has 0 aliphatic carbocycles. The smallest absolute Gasteiger partial charge is 0.273 e. The quantitative estimate of drug-likeness (QED) is 0.262. The summed E-state index contributed by atoms with van der Waals surface area (Å²) in [5, 5.41) is 9.53. The summed E-state index contributed by atoms with van der Waals surface area (Å²) in [6.45, 7) is 6.95. The van der Waals surface area contributed by atoms with Crippen LogP contribution < -0.4 is 15.5 Å². The van der Waals surface area contributed by atoms with E-state index in [0.717, 1.165) is 56.9 Å². The van der Waals surface area contributed by atoms with Crippen molar-refractivity contribution in [3.8, 4) is 10.6 Å². The highest BCUT2D eigenvalue weighted by atomic mass is 32.1. The van der Waals surface area contributed by atoms with Crippen molar-refractivity contribution >= 4 is 61.8 Å². The molecule has 5 heterocycles. The van der Waals surface area contributed by atoms with E-state index in [0.29, 0.717) is 18.8 Å². The van der Waals surface area contributed by atoms with Gasteiger partial charge in [0, 0.05) is 67.4 Å². The van der Waals surface area contributed by atoms with Crippen molar-refractivity contribution < 1.29 is 4.79 Å². The average molecular weight is 557 g/mol. The normalized spacial score (nSPS) is 13.7. The van der Waals surface area contributed by atoms with E-state index in [1.54, 1.807) is 17.5 Å². The van der Waals surface area contributed by atoms with Crippen molar-refractivity contribution in [3.05, 3.63) is 71.4 Å². The molecule has 1 saturated heterocycles. The van der Waals surface area contributed by atoms with Crippen LogP contribution in [0.2, 0.25) is 0 Å². The highest BCUT2D eigenvalue weighted by Gasteiger charge is 2.25. The third-order valence-corrected chi connectivity index (χ3v) is 8.11. The Morgan fingerprint density at radius 1 is 1.00 bits per heavy atom. The molecule has 0 unspecified atom stereocenters. The zero-order valence-electron chi connectivity index (χ0n) is 21.7. The van der Waals surface area contributed by atoms with Crippen LogP contribution in [0.3, 0.4) is 0 Å². The number of amides is 1. The summed E-state index contributed by atoms with van der Waals surface area (Å²) in [7, 11) is 0. The van der Waals surface area contributed by atoms with Crippen molar-refractivity contribution in [2.75, 3.05) is 41.7 Å². The lowest BCUT2D eigenvalue weighted by Gasteiger charge is -2.35. The standard InChI is InChI=1S/C28H28N8OS2/c1-18(2)32-22-14-25(33-19-6-7-21-24(13-19)39-17-31-21)30-15-20(22)27-34-23(16-38-27)28(37)36-11-9-35(10-12-36)26-5-3-4-8-29-26/h3-8,13-18H,9-12H2,1-2H3,(H2,30,32,33). The van der Waals surface area contributed by atoms with Gasteiger partial charge < -0.3 is 20.4 Å². The molecule has 39 heavy (non-hydrogen) atoms. The number of nitrogens with zero attached hydrogens (tertiary/aromatic N) is 6. The largest absolute Gasteiger partial charge is 0.382 e. The van der Waals surface area contributed by atoms with Crippen molar-refractivity contribution in [2.45, 2.75) is 19.9 Å². The van der Waals surface area contributed by atoms with Crippen LogP contribution in [0.4, 0.5) is 23.0 Å². The van der Waals surface area contributed by atoms with E-state index >= 15 is 0 Å². The summed E-state index contributed by atoms with van der Waals surface area (Å²) in [5.41, 5.74) is 6.04. The number of thiazole rings is 2. The van der Waals surface area contributed by atoms with Crippen molar-refractivity contribution in [2.24, 2.45) is 0 Å². The molecule has 0 saturated carbocycles. The monoisotopic (exact) mass is 556 g/mol. The molecule has 1 aromatic carbocycles. The first-order chi connectivity index (χ1) is 19.0. The van der Waals surface area contributed by atoms with Crippen LogP contribution in [0, 0.1) is 0 Å². The number of benzene rings is 1. The molecular weight excluding hydrogens is 528 g/mol. The molecule has 11 heteroatoms. The molecular formula is C28H28N8OS2. The van der Waals surface area contributed by atoms with Crippen molar-refractivity contribution in [1.29, 1.82) is 0 Å². The van der Waals surface area contributed by atoms with Crippen molar-refractivity contribution in [3.63, 3.8) is 0 Å². The van der Waals surface area contributed by atoms with E-state index < -0.39 is 0 Å². The maximum absolute atomic E-state index is 13.3. The fourth-order valence-electron chi connectivity index (χ4n) is 4.54. The van der Waals surface area contributed by atoms with Crippen LogP contribution in [0.5, 0.6) is 0 Å². The van der Waals surface area contributed by atoms with E-state index in [9.17, 15) is 4.79 Å². The molecule has 9 nitrogen and oxygen atoms in total. The minimum atomic E-state index is -0.0405. The third kappa shape index (κ3) is 5.55. The highest BCUT2D eigenvalue weighted by molar-refractivity contribution is 7.16. The van der Waals surface area contributed by atoms with Crippen LogP contribution in [0.25, 0.3) is 20.8 Å².